The van der Waals surface area contributed by atoms with Crippen LogP contribution in [0.15, 0.2) is 12.7 Å². The molecule has 41 heavy (non-hydrogen) atoms. The first-order chi connectivity index (χ1) is 18.7. The number of allylic oxidation sites excluding steroid dienone is 1. The zero-order valence-electron chi connectivity index (χ0n) is 32.1. The van der Waals surface area contributed by atoms with E-state index in [1.54, 1.807) is 6.92 Å². The molecule has 0 heterocycles. The maximum atomic E-state index is 4.60. The number of terminal acetylenes is 2. The summed E-state index contributed by atoms with van der Waals surface area (Å²) in [6.45, 7) is 30.0. The van der Waals surface area contributed by atoms with Gasteiger partial charge >= 0.3 is 51.4 Å². The minimum atomic E-state index is 0. The van der Waals surface area contributed by atoms with Gasteiger partial charge in [0.2, 0.25) is 0 Å². The molecule has 0 N–H and O–H groups in total. The minimum Gasteiger partial charge on any atom is -0.358 e. The Morgan fingerprint density at radius 1 is 0.537 bits per heavy atom. The molecule has 0 aromatic rings. The number of hydrogen-bond acceptors (Lipinski definition) is 0. The zero-order valence-corrected chi connectivity index (χ0v) is 35.2. The van der Waals surface area contributed by atoms with Crippen molar-refractivity contribution in [3.8, 4) is 25.2 Å². The van der Waals surface area contributed by atoms with Crippen molar-refractivity contribution in [2.45, 2.75) is 205 Å². The van der Waals surface area contributed by atoms with Gasteiger partial charge < -0.3 is 7.43 Å². The van der Waals surface area contributed by atoms with Crippen LogP contribution in [0.4, 0.5) is 0 Å². The van der Waals surface area contributed by atoms with Crippen molar-refractivity contribution in [1.82, 2.24) is 0 Å². The van der Waals surface area contributed by atoms with Gasteiger partial charge in [0, 0.05) is 0 Å². The molecular formula is C40H85K. The van der Waals surface area contributed by atoms with Gasteiger partial charge in [0.1, 0.15) is 0 Å². The molecule has 0 radical (unpaired) electrons. The van der Waals surface area contributed by atoms with Crippen LogP contribution in [0.2, 0.25) is 0 Å². The van der Waals surface area contributed by atoms with Gasteiger partial charge in [-0.1, -0.05) is 198 Å². The van der Waals surface area contributed by atoms with Gasteiger partial charge in [-0.2, -0.15) is 0 Å². The van der Waals surface area contributed by atoms with E-state index in [4.69, 9.17) is 0 Å². The Labute approximate surface area is 310 Å². The average molecular weight is 605 g/mol. The summed E-state index contributed by atoms with van der Waals surface area (Å²) < 4.78 is 0. The van der Waals surface area contributed by atoms with E-state index in [1.165, 1.54) is 122 Å². The van der Waals surface area contributed by atoms with Crippen molar-refractivity contribution in [3.63, 3.8) is 0 Å². The molecule has 0 nitrogen and oxygen atoms in total. The zero-order chi connectivity index (χ0) is 32.0. The number of hydrogen-bond donors (Lipinski definition) is 0. The molecule has 0 fully saturated rings. The third-order valence-electron chi connectivity index (χ3n) is 5.68. The molecule has 1 unspecified atom stereocenters. The second-order valence-electron chi connectivity index (χ2n) is 10.7. The molecule has 0 aliphatic carbocycles. The van der Waals surface area contributed by atoms with Crippen LogP contribution in [-0.2, 0) is 0 Å². The Morgan fingerprint density at radius 3 is 0.902 bits per heavy atom. The summed E-state index contributed by atoms with van der Waals surface area (Å²) in [5.74, 6) is 3.79. The fourth-order valence-corrected chi connectivity index (χ4v) is 2.92. The topological polar surface area (TPSA) is 0 Å². The van der Waals surface area contributed by atoms with Crippen LogP contribution in [0.3, 0.4) is 0 Å². The van der Waals surface area contributed by atoms with Crippen LogP contribution in [0.1, 0.15) is 205 Å². The normalized spacial score (nSPS) is 8.83. The minimum absolute atomic E-state index is 0. The molecule has 246 valence electrons. The van der Waals surface area contributed by atoms with Gasteiger partial charge in [-0.15, -0.1) is 31.8 Å². The maximum absolute atomic E-state index is 4.60. The Morgan fingerprint density at radius 2 is 0.756 bits per heavy atom. The molecule has 1 heteroatoms. The van der Waals surface area contributed by atoms with Gasteiger partial charge in [-0.3, -0.25) is 0 Å². The first kappa shape index (κ1) is 64.4. The smallest absolute Gasteiger partial charge is 0.358 e. The molecule has 0 aromatic heterocycles. The Balaban J connectivity index is -0.0000000428. The molecular weight excluding hydrogens is 520 g/mol. The molecule has 0 amide bonds. The van der Waals surface area contributed by atoms with Crippen LogP contribution in [0.25, 0.3) is 0 Å². The van der Waals surface area contributed by atoms with Crippen LogP contribution >= 0.6 is 0 Å². The van der Waals surface area contributed by atoms with E-state index in [-0.39, 0.29) is 58.8 Å². The van der Waals surface area contributed by atoms with Crippen molar-refractivity contribution in [2.75, 3.05) is 0 Å². The second kappa shape index (κ2) is 83.6. The third kappa shape index (κ3) is 143. The van der Waals surface area contributed by atoms with Crippen LogP contribution in [0.5, 0.6) is 0 Å². The second-order valence-corrected chi connectivity index (χ2v) is 10.7. The summed E-state index contributed by atoms with van der Waals surface area (Å²) in [4.78, 5) is 0. The van der Waals surface area contributed by atoms with Crippen molar-refractivity contribution >= 4 is 0 Å². The number of rotatable bonds is 17. The predicted molar refractivity (Wildman–Crippen MR) is 198 cm³/mol. The van der Waals surface area contributed by atoms with Gasteiger partial charge in [-0.25, -0.2) is 0 Å². The van der Waals surface area contributed by atoms with Crippen LogP contribution in [0, 0.1) is 44.5 Å². The standard InChI is InChI=1S/C9H18.2C7H16.C6H14.C5H12.C3H4.C2H2.CH3.K/c1-5-9(4)7-6-8(2)3;2*1-3-5-7-6-4-2;1-3-5-6-4-2;1-3-5-4-2;1-3-2;1-2;;/h5,8-9H,1,6-7H2,2-4H3;2*3-7H2,1-2H3;3-6H2,1-2H3;3-5H2,1-2H3;1H,2H3;1-2H;1H3;/q;;;;;;;-1;+1. The molecule has 1 atom stereocenters. The van der Waals surface area contributed by atoms with E-state index in [9.17, 15) is 0 Å². The van der Waals surface area contributed by atoms with E-state index in [2.05, 4.69) is 108 Å². The van der Waals surface area contributed by atoms with Crippen molar-refractivity contribution in [3.05, 3.63) is 20.1 Å². The molecule has 0 aliphatic heterocycles. The van der Waals surface area contributed by atoms with Crippen molar-refractivity contribution < 1.29 is 51.4 Å². The largest absolute Gasteiger partial charge is 1.00 e. The summed E-state index contributed by atoms with van der Waals surface area (Å²) in [6, 6.07) is 0. The third-order valence-corrected chi connectivity index (χ3v) is 5.68. The SMILES string of the molecule is C#C.C#CC.C=CC(C)CCC(C)C.CCCCC.CCCCCC.CCCCCCC.CCCCCCC.[CH3-].[K+]. The van der Waals surface area contributed by atoms with Gasteiger partial charge in [0.05, 0.1) is 0 Å². The monoisotopic (exact) mass is 605 g/mol. The fraction of sp³-hybridized carbons (Fsp3) is 0.825. The summed E-state index contributed by atoms with van der Waals surface area (Å²) in [6.07, 6.45) is 40.9. The Kier molecular flexibility index (Phi) is 131. The van der Waals surface area contributed by atoms with E-state index in [0.29, 0.717) is 5.92 Å². The molecule has 0 rings (SSSR count). The summed E-state index contributed by atoms with van der Waals surface area (Å²) in [5, 5.41) is 0. The first-order valence-electron chi connectivity index (χ1n) is 17.1. The van der Waals surface area contributed by atoms with Crippen molar-refractivity contribution in [1.29, 1.82) is 0 Å². The van der Waals surface area contributed by atoms with E-state index < -0.39 is 0 Å². The van der Waals surface area contributed by atoms with E-state index >= 15 is 0 Å². The summed E-state index contributed by atoms with van der Waals surface area (Å²) in [5.41, 5.74) is 0. The Hall–Kier alpha value is 0.496. The maximum Gasteiger partial charge on any atom is 1.00 e. The van der Waals surface area contributed by atoms with Crippen LogP contribution < -0.4 is 51.4 Å². The van der Waals surface area contributed by atoms with Crippen LogP contribution in [-0.4, -0.2) is 0 Å². The average Bonchev–Trinajstić information content (AvgIpc) is 2.94. The van der Waals surface area contributed by atoms with Gasteiger partial charge in [-0.05, 0) is 25.2 Å². The summed E-state index contributed by atoms with van der Waals surface area (Å²) >= 11 is 0. The fourth-order valence-electron chi connectivity index (χ4n) is 2.92. The Bertz CT molecular complexity index is 350. The number of unbranched alkanes of at least 4 members (excludes halogenated alkanes) is 13. The molecule has 0 aromatic carbocycles. The first-order valence-corrected chi connectivity index (χ1v) is 17.1. The van der Waals surface area contributed by atoms with Crippen molar-refractivity contribution in [2.24, 2.45) is 11.8 Å². The quantitative estimate of drug-likeness (QED) is 0.0509. The molecule has 0 saturated heterocycles. The molecule has 0 aliphatic rings. The van der Waals surface area contributed by atoms with Gasteiger partial charge in [0.25, 0.3) is 0 Å². The summed E-state index contributed by atoms with van der Waals surface area (Å²) in [7, 11) is 0. The van der Waals surface area contributed by atoms with E-state index in [0.717, 1.165) is 5.92 Å². The molecule has 0 saturated carbocycles. The predicted octanol–water partition coefficient (Wildman–Crippen LogP) is 12.3. The van der Waals surface area contributed by atoms with E-state index in [1.807, 2.05) is 6.08 Å². The van der Waals surface area contributed by atoms with Gasteiger partial charge in [0.15, 0.2) is 0 Å². The molecule has 0 spiro atoms. The molecule has 0 bridgehead atoms.